The zero-order valence-electron chi connectivity index (χ0n) is 13.2. The Bertz CT molecular complexity index is 633. The second-order valence-electron chi connectivity index (χ2n) is 7.92. The Hall–Kier alpha value is -1.51. The van der Waals surface area contributed by atoms with Gasteiger partial charge in [0.2, 0.25) is 5.91 Å². The van der Waals surface area contributed by atoms with E-state index in [9.17, 15) is 4.79 Å². The summed E-state index contributed by atoms with van der Waals surface area (Å²) in [4.78, 5) is 15.5. The van der Waals surface area contributed by atoms with Crippen LogP contribution in [0, 0.1) is 23.2 Å². The number of fused-ring (bicyclic) bond motifs is 1. The number of anilines is 1. The summed E-state index contributed by atoms with van der Waals surface area (Å²) >= 11 is 0. The van der Waals surface area contributed by atoms with Crippen LogP contribution >= 0.6 is 0 Å². The second-order valence-corrected chi connectivity index (χ2v) is 7.92. The maximum Gasteiger partial charge on any atom is 0.233 e. The lowest BCUT2D eigenvalue weighted by atomic mass is 9.68. The van der Waals surface area contributed by atoms with Gasteiger partial charge in [0, 0.05) is 12.1 Å². The van der Waals surface area contributed by atoms with Crippen molar-refractivity contribution in [1.82, 2.24) is 0 Å². The normalized spacial score (nSPS) is 37.7. The summed E-state index contributed by atoms with van der Waals surface area (Å²) in [6, 6.07) is 6.11. The molecule has 0 radical (unpaired) electrons. The number of carbonyl (C=O) groups is 1. The van der Waals surface area contributed by atoms with E-state index in [2.05, 4.69) is 11.0 Å². The van der Waals surface area contributed by atoms with Crippen molar-refractivity contribution in [2.45, 2.75) is 38.5 Å². The molecule has 1 heterocycles. The molecule has 1 aromatic carbocycles. The average Bonchev–Trinajstić information content (AvgIpc) is 3.15. The van der Waals surface area contributed by atoms with Crippen LogP contribution in [-0.4, -0.2) is 19.6 Å². The van der Waals surface area contributed by atoms with Crippen LogP contribution in [0.3, 0.4) is 0 Å². The van der Waals surface area contributed by atoms with Crippen LogP contribution in [0.15, 0.2) is 18.2 Å². The predicted molar refractivity (Wildman–Crippen MR) is 85.0 cm³/mol. The van der Waals surface area contributed by atoms with Gasteiger partial charge in [-0.2, -0.15) is 0 Å². The minimum Gasteiger partial charge on any atom is -0.496 e. The van der Waals surface area contributed by atoms with Gasteiger partial charge in [0.1, 0.15) is 5.75 Å². The Balaban J connectivity index is 1.49. The van der Waals surface area contributed by atoms with Gasteiger partial charge in [-0.25, -0.2) is 0 Å². The zero-order chi connectivity index (χ0) is 14.9. The fourth-order valence-electron chi connectivity index (χ4n) is 6.16. The van der Waals surface area contributed by atoms with E-state index in [-0.39, 0.29) is 5.41 Å². The summed E-state index contributed by atoms with van der Waals surface area (Å²) in [7, 11) is 1.72. The molecule has 3 heteroatoms. The molecular weight excluding hydrogens is 274 g/mol. The molecular formula is C19H23NO2. The average molecular weight is 297 g/mol. The van der Waals surface area contributed by atoms with Crippen molar-refractivity contribution in [2.75, 3.05) is 18.6 Å². The molecule has 1 amide bonds. The smallest absolute Gasteiger partial charge is 0.233 e. The fourth-order valence-corrected chi connectivity index (χ4v) is 6.16. The molecule has 2 unspecified atom stereocenters. The third kappa shape index (κ3) is 1.55. The van der Waals surface area contributed by atoms with Gasteiger partial charge in [0.05, 0.1) is 18.2 Å². The van der Waals surface area contributed by atoms with Crippen LogP contribution in [0.25, 0.3) is 0 Å². The molecule has 1 aliphatic heterocycles. The molecule has 4 saturated carbocycles. The number of carbonyl (C=O) groups excluding carboxylic acids is 1. The molecule has 22 heavy (non-hydrogen) atoms. The number of ether oxygens (including phenoxy) is 1. The molecule has 4 bridgehead atoms. The monoisotopic (exact) mass is 297 g/mol. The predicted octanol–water partition coefficient (Wildman–Crippen LogP) is 3.41. The van der Waals surface area contributed by atoms with E-state index in [1.807, 2.05) is 12.1 Å². The SMILES string of the molecule is COc1cccc2c1CCN2C(=O)C12CC3CC(C1)C(C3)C2. The molecule has 1 aromatic rings. The molecule has 6 rings (SSSR count). The number of amides is 1. The van der Waals surface area contributed by atoms with E-state index in [1.165, 1.54) is 18.4 Å². The molecule has 2 atom stereocenters. The molecule has 3 nitrogen and oxygen atoms in total. The second kappa shape index (κ2) is 4.27. The summed E-state index contributed by atoms with van der Waals surface area (Å²) in [5.41, 5.74) is 2.29. The Morgan fingerprint density at radius 2 is 2.00 bits per heavy atom. The van der Waals surface area contributed by atoms with Gasteiger partial charge in [-0.3, -0.25) is 4.79 Å². The number of methoxy groups -OCH3 is 1. The molecule has 4 aliphatic carbocycles. The number of rotatable bonds is 2. The largest absolute Gasteiger partial charge is 0.496 e. The van der Waals surface area contributed by atoms with Crippen LogP contribution < -0.4 is 9.64 Å². The van der Waals surface area contributed by atoms with Crippen LogP contribution in [0.4, 0.5) is 5.69 Å². The summed E-state index contributed by atoms with van der Waals surface area (Å²) in [5.74, 6) is 3.86. The van der Waals surface area contributed by atoms with Crippen LogP contribution in [0.2, 0.25) is 0 Å². The Morgan fingerprint density at radius 1 is 1.23 bits per heavy atom. The minimum atomic E-state index is -0.0266. The number of hydrogen-bond donors (Lipinski definition) is 0. The lowest BCUT2D eigenvalue weighted by Crippen LogP contribution is -2.45. The molecule has 116 valence electrons. The maximum absolute atomic E-state index is 13.4. The van der Waals surface area contributed by atoms with Gasteiger partial charge < -0.3 is 9.64 Å². The summed E-state index contributed by atoms with van der Waals surface area (Å²) in [6.45, 7) is 0.830. The van der Waals surface area contributed by atoms with E-state index < -0.39 is 0 Å². The highest BCUT2D eigenvalue weighted by atomic mass is 16.5. The molecule has 4 fully saturated rings. The molecule has 0 spiro atoms. The molecule has 0 saturated heterocycles. The van der Waals surface area contributed by atoms with Crippen molar-refractivity contribution in [3.63, 3.8) is 0 Å². The van der Waals surface area contributed by atoms with Gasteiger partial charge in [0.25, 0.3) is 0 Å². The van der Waals surface area contributed by atoms with E-state index in [4.69, 9.17) is 4.74 Å². The first kappa shape index (κ1) is 13.0. The Morgan fingerprint density at radius 3 is 2.68 bits per heavy atom. The number of benzene rings is 1. The zero-order valence-corrected chi connectivity index (χ0v) is 13.2. The summed E-state index contributed by atoms with van der Waals surface area (Å²) in [6.07, 6.45) is 7.17. The van der Waals surface area contributed by atoms with Crippen LogP contribution in [0.5, 0.6) is 5.75 Å². The highest BCUT2D eigenvalue weighted by Gasteiger charge is 2.60. The van der Waals surface area contributed by atoms with Crippen LogP contribution in [-0.2, 0) is 11.2 Å². The van der Waals surface area contributed by atoms with E-state index in [0.717, 1.165) is 61.4 Å². The maximum atomic E-state index is 13.4. The number of nitrogens with zero attached hydrogens (tertiary/aromatic N) is 1. The Kier molecular flexibility index (Phi) is 2.52. The van der Waals surface area contributed by atoms with Crippen molar-refractivity contribution in [2.24, 2.45) is 23.2 Å². The van der Waals surface area contributed by atoms with Crippen molar-refractivity contribution in [3.05, 3.63) is 23.8 Å². The minimum absolute atomic E-state index is 0.0266. The van der Waals surface area contributed by atoms with Crippen molar-refractivity contribution in [3.8, 4) is 5.75 Å². The lowest BCUT2D eigenvalue weighted by Gasteiger charge is -2.39. The lowest BCUT2D eigenvalue weighted by molar-refractivity contribution is -0.130. The molecule has 0 aromatic heterocycles. The third-order valence-corrected chi connectivity index (χ3v) is 6.83. The first-order valence-corrected chi connectivity index (χ1v) is 8.68. The van der Waals surface area contributed by atoms with Gasteiger partial charge in [0.15, 0.2) is 0 Å². The fraction of sp³-hybridized carbons (Fsp3) is 0.632. The van der Waals surface area contributed by atoms with Crippen molar-refractivity contribution in [1.29, 1.82) is 0 Å². The van der Waals surface area contributed by atoms with E-state index in [1.54, 1.807) is 7.11 Å². The topological polar surface area (TPSA) is 29.5 Å². The first-order valence-electron chi connectivity index (χ1n) is 8.68. The summed E-state index contributed by atoms with van der Waals surface area (Å²) < 4.78 is 5.48. The summed E-state index contributed by atoms with van der Waals surface area (Å²) in [5, 5.41) is 0. The van der Waals surface area contributed by atoms with Gasteiger partial charge >= 0.3 is 0 Å². The van der Waals surface area contributed by atoms with E-state index >= 15 is 0 Å². The van der Waals surface area contributed by atoms with E-state index in [0.29, 0.717) is 5.91 Å². The highest BCUT2D eigenvalue weighted by Crippen LogP contribution is 2.65. The molecule has 0 N–H and O–H groups in total. The van der Waals surface area contributed by atoms with Crippen molar-refractivity contribution >= 4 is 11.6 Å². The third-order valence-electron chi connectivity index (χ3n) is 6.83. The highest BCUT2D eigenvalue weighted by molar-refractivity contribution is 6.00. The van der Waals surface area contributed by atoms with Crippen LogP contribution in [0.1, 0.15) is 37.7 Å². The standard InChI is InChI=1S/C19H23NO2/c1-22-17-4-2-3-16-15(17)5-6-20(16)18(21)19-9-12-7-13(10-19)14(8-12)11-19/h2-4,12-14H,5-11H2,1H3. The van der Waals surface area contributed by atoms with Crippen molar-refractivity contribution < 1.29 is 9.53 Å². The van der Waals surface area contributed by atoms with Gasteiger partial charge in [-0.1, -0.05) is 6.07 Å². The van der Waals surface area contributed by atoms with Gasteiger partial charge in [-0.05, 0) is 68.4 Å². The molecule has 5 aliphatic rings. The quantitative estimate of drug-likeness (QED) is 0.837. The first-order chi connectivity index (χ1) is 10.7. The van der Waals surface area contributed by atoms with Gasteiger partial charge in [-0.15, -0.1) is 0 Å². The Labute approximate surface area is 131 Å². The number of hydrogen-bond acceptors (Lipinski definition) is 2.